The molecule has 104 valence electrons. The van der Waals surface area contributed by atoms with Crippen molar-refractivity contribution < 1.29 is 4.42 Å². The summed E-state index contributed by atoms with van der Waals surface area (Å²) >= 11 is 0. The third-order valence-electron chi connectivity index (χ3n) is 4.08. The van der Waals surface area contributed by atoms with Crippen LogP contribution in [0.15, 0.2) is 65.5 Å². The van der Waals surface area contributed by atoms with Crippen molar-refractivity contribution in [3.63, 3.8) is 0 Å². The van der Waals surface area contributed by atoms with Gasteiger partial charge in [-0.3, -0.25) is 0 Å². The van der Waals surface area contributed by atoms with E-state index in [4.69, 9.17) is 4.42 Å². The molecule has 0 saturated carbocycles. The van der Waals surface area contributed by atoms with Crippen molar-refractivity contribution in [2.45, 2.75) is 18.9 Å². The maximum absolute atomic E-state index is 5.31. The average Bonchev–Trinajstić information content (AvgIpc) is 3.19. The Labute approximate surface area is 123 Å². The first kappa shape index (κ1) is 12.2. The van der Waals surface area contributed by atoms with Gasteiger partial charge in [0.1, 0.15) is 0 Å². The molecule has 1 aliphatic carbocycles. The van der Waals surface area contributed by atoms with Crippen LogP contribution in [0.3, 0.4) is 0 Å². The van der Waals surface area contributed by atoms with Crippen LogP contribution in [0.1, 0.15) is 23.6 Å². The van der Waals surface area contributed by atoms with Crippen molar-refractivity contribution in [1.82, 2.24) is 4.98 Å². The zero-order chi connectivity index (χ0) is 14.1. The molecule has 0 fully saturated rings. The summed E-state index contributed by atoms with van der Waals surface area (Å²) in [6, 6.07) is 17.4. The van der Waals surface area contributed by atoms with Crippen LogP contribution in [-0.2, 0) is 6.42 Å². The second kappa shape index (κ2) is 5.09. The van der Waals surface area contributed by atoms with E-state index in [1.165, 1.54) is 17.5 Å². The number of hydrogen-bond acceptors (Lipinski definition) is 3. The molecule has 1 atom stereocenters. The molecule has 0 spiro atoms. The number of hydrogen-bond donors (Lipinski definition) is 1. The Balaban J connectivity index is 1.53. The summed E-state index contributed by atoms with van der Waals surface area (Å²) in [5.74, 6) is 0.799. The molecule has 1 aromatic heterocycles. The summed E-state index contributed by atoms with van der Waals surface area (Å²) in [6.45, 7) is 0. The summed E-state index contributed by atoms with van der Waals surface area (Å²) in [5.41, 5.74) is 5.08. The number of nitrogens with zero attached hydrogens (tertiary/aromatic N) is 1. The molecule has 2 aromatic carbocycles. The fourth-order valence-corrected chi connectivity index (χ4v) is 3.00. The van der Waals surface area contributed by atoms with Gasteiger partial charge in [0.2, 0.25) is 0 Å². The van der Waals surface area contributed by atoms with E-state index in [1.54, 1.807) is 6.20 Å². The van der Waals surface area contributed by atoms with E-state index in [9.17, 15) is 0 Å². The van der Waals surface area contributed by atoms with Crippen LogP contribution < -0.4 is 5.32 Å². The highest BCUT2D eigenvalue weighted by atomic mass is 16.3. The third kappa shape index (κ3) is 2.31. The van der Waals surface area contributed by atoms with Gasteiger partial charge in [-0.25, -0.2) is 4.98 Å². The first-order valence-corrected chi connectivity index (χ1v) is 7.23. The van der Waals surface area contributed by atoms with Crippen LogP contribution in [0.5, 0.6) is 0 Å². The highest BCUT2D eigenvalue weighted by molar-refractivity contribution is 5.61. The molecule has 0 radical (unpaired) electrons. The molecule has 4 rings (SSSR count). The minimum Gasteiger partial charge on any atom is -0.444 e. The Bertz CT molecular complexity index is 732. The van der Waals surface area contributed by atoms with Crippen LogP contribution in [0.4, 0.5) is 5.69 Å². The van der Waals surface area contributed by atoms with Crippen molar-refractivity contribution in [3.8, 4) is 11.3 Å². The Morgan fingerprint density at radius 1 is 1.05 bits per heavy atom. The van der Waals surface area contributed by atoms with E-state index in [-0.39, 0.29) is 0 Å². The highest BCUT2D eigenvalue weighted by Crippen LogP contribution is 2.34. The number of fused-ring (bicyclic) bond motifs is 1. The second-order valence-corrected chi connectivity index (χ2v) is 5.38. The van der Waals surface area contributed by atoms with Gasteiger partial charge in [-0.15, -0.1) is 0 Å². The highest BCUT2D eigenvalue weighted by Gasteiger charge is 2.21. The van der Waals surface area contributed by atoms with Crippen LogP contribution in [0.2, 0.25) is 0 Å². The number of nitrogens with one attached hydrogen (secondary N) is 1. The minimum absolute atomic E-state index is 0.414. The molecule has 3 nitrogen and oxygen atoms in total. The van der Waals surface area contributed by atoms with Gasteiger partial charge in [-0.05, 0) is 48.2 Å². The predicted octanol–water partition coefficient (Wildman–Crippen LogP) is 4.44. The van der Waals surface area contributed by atoms with E-state index < -0.39 is 0 Å². The molecule has 0 amide bonds. The van der Waals surface area contributed by atoms with Gasteiger partial charge in [0.15, 0.2) is 12.2 Å². The fourth-order valence-electron chi connectivity index (χ4n) is 3.00. The molecule has 3 heteroatoms. The smallest absolute Gasteiger partial charge is 0.181 e. The molecule has 1 heterocycles. The summed E-state index contributed by atoms with van der Waals surface area (Å²) in [7, 11) is 0. The molecule has 0 bridgehead atoms. The van der Waals surface area contributed by atoms with Gasteiger partial charge < -0.3 is 9.73 Å². The first-order chi connectivity index (χ1) is 10.4. The molecular formula is C18H16N2O. The van der Waals surface area contributed by atoms with Crippen molar-refractivity contribution in [3.05, 3.63) is 72.2 Å². The summed E-state index contributed by atoms with van der Waals surface area (Å²) in [4.78, 5) is 3.95. The lowest BCUT2D eigenvalue weighted by Crippen LogP contribution is -2.06. The maximum Gasteiger partial charge on any atom is 0.181 e. The molecule has 3 aromatic rings. The van der Waals surface area contributed by atoms with Crippen molar-refractivity contribution in [2.24, 2.45) is 0 Å². The van der Waals surface area contributed by atoms with E-state index in [1.807, 2.05) is 0 Å². The Hall–Kier alpha value is -2.55. The molecule has 1 unspecified atom stereocenters. The van der Waals surface area contributed by atoms with Crippen molar-refractivity contribution in [1.29, 1.82) is 0 Å². The molecule has 1 aliphatic rings. The number of aromatic nitrogens is 1. The van der Waals surface area contributed by atoms with E-state index in [0.717, 1.165) is 29.9 Å². The Kier molecular flexibility index (Phi) is 2.96. The standard InChI is InChI=1S/C18H16N2O/c1-2-4-16-13(3-1)7-10-17(16)20-15-8-5-14(6-9-15)18-11-19-12-21-18/h1-6,8-9,11-12,17,20H,7,10H2. The average molecular weight is 276 g/mol. The Morgan fingerprint density at radius 2 is 1.90 bits per heavy atom. The number of aryl methyl sites for hydroxylation is 1. The van der Waals surface area contributed by atoms with E-state index in [0.29, 0.717) is 6.04 Å². The predicted molar refractivity (Wildman–Crippen MR) is 83.1 cm³/mol. The SMILES string of the molecule is c1ccc2c(c1)CCC2Nc1ccc(-c2cnco2)cc1. The van der Waals surface area contributed by atoms with Crippen LogP contribution in [0, 0.1) is 0 Å². The second-order valence-electron chi connectivity index (χ2n) is 5.38. The monoisotopic (exact) mass is 276 g/mol. The minimum atomic E-state index is 0.414. The summed E-state index contributed by atoms with van der Waals surface area (Å²) in [5, 5.41) is 3.62. The summed E-state index contributed by atoms with van der Waals surface area (Å²) in [6.07, 6.45) is 5.50. The van der Waals surface area contributed by atoms with Crippen molar-refractivity contribution >= 4 is 5.69 Å². The lowest BCUT2D eigenvalue weighted by atomic mass is 10.1. The van der Waals surface area contributed by atoms with Gasteiger partial charge in [-0.2, -0.15) is 0 Å². The van der Waals surface area contributed by atoms with Crippen LogP contribution in [-0.4, -0.2) is 4.98 Å². The topological polar surface area (TPSA) is 38.1 Å². The zero-order valence-corrected chi connectivity index (χ0v) is 11.6. The van der Waals surface area contributed by atoms with Gasteiger partial charge in [0.05, 0.1) is 12.2 Å². The molecular weight excluding hydrogens is 260 g/mol. The van der Waals surface area contributed by atoms with Crippen molar-refractivity contribution in [2.75, 3.05) is 5.32 Å². The normalized spacial score (nSPS) is 16.7. The lowest BCUT2D eigenvalue weighted by molar-refractivity contribution is 0.572. The van der Waals surface area contributed by atoms with Gasteiger partial charge in [0, 0.05) is 11.3 Å². The fraction of sp³-hybridized carbons (Fsp3) is 0.167. The Morgan fingerprint density at radius 3 is 2.71 bits per heavy atom. The summed E-state index contributed by atoms with van der Waals surface area (Å²) < 4.78 is 5.31. The zero-order valence-electron chi connectivity index (χ0n) is 11.6. The third-order valence-corrected chi connectivity index (χ3v) is 4.08. The molecule has 1 N–H and O–H groups in total. The van der Waals surface area contributed by atoms with E-state index >= 15 is 0 Å². The van der Waals surface area contributed by atoms with Gasteiger partial charge >= 0.3 is 0 Å². The largest absolute Gasteiger partial charge is 0.444 e. The first-order valence-electron chi connectivity index (χ1n) is 7.23. The molecule has 21 heavy (non-hydrogen) atoms. The van der Waals surface area contributed by atoms with Gasteiger partial charge in [0.25, 0.3) is 0 Å². The van der Waals surface area contributed by atoms with Gasteiger partial charge in [-0.1, -0.05) is 24.3 Å². The van der Waals surface area contributed by atoms with E-state index in [2.05, 4.69) is 58.8 Å². The van der Waals surface area contributed by atoms with Crippen LogP contribution in [0.25, 0.3) is 11.3 Å². The number of benzene rings is 2. The molecule has 0 saturated heterocycles. The number of anilines is 1. The number of oxazole rings is 1. The van der Waals surface area contributed by atoms with Crippen LogP contribution >= 0.6 is 0 Å². The quantitative estimate of drug-likeness (QED) is 0.768. The molecule has 0 aliphatic heterocycles. The lowest BCUT2D eigenvalue weighted by Gasteiger charge is -2.15. The maximum atomic E-state index is 5.31. The number of rotatable bonds is 3.